The fourth-order valence-corrected chi connectivity index (χ4v) is 1.35. The lowest BCUT2D eigenvalue weighted by Crippen LogP contribution is -1.82. The largest absolute Gasteiger partial charge is 0.0870 e. The summed E-state index contributed by atoms with van der Waals surface area (Å²) >= 11 is 0. The van der Waals surface area contributed by atoms with E-state index in [1.54, 1.807) is 0 Å². The first-order chi connectivity index (χ1) is 6.27. The van der Waals surface area contributed by atoms with Crippen molar-refractivity contribution in [1.82, 2.24) is 0 Å². The van der Waals surface area contributed by atoms with Crippen LogP contribution in [-0.4, -0.2) is 0 Å². The molecule has 0 N–H and O–H groups in total. The minimum absolute atomic E-state index is 1.28. The number of hydrogen-bond donors (Lipinski definition) is 0. The Bertz CT molecular complexity index is 330. The van der Waals surface area contributed by atoms with E-state index in [0.29, 0.717) is 0 Å². The number of benzene rings is 1. The summed E-state index contributed by atoms with van der Waals surface area (Å²) in [5.74, 6) is 0. The Hall–Kier alpha value is -1.30. The molecule has 13 heavy (non-hydrogen) atoms. The van der Waals surface area contributed by atoms with Crippen LogP contribution in [0.2, 0.25) is 0 Å². The van der Waals surface area contributed by atoms with Gasteiger partial charge in [-0.05, 0) is 31.9 Å². The Labute approximate surface area is 80.6 Å². The van der Waals surface area contributed by atoms with Crippen LogP contribution in [0.15, 0.2) is 30.4 Å². The Balaban J connectivity index is 3.18. The van der Waals surface area contributed by atoms with Crippen molar-refractivity contribution in [3.05, 3.63) is 47.0 Å². The molecular weight excluding hydrogens is 156 g/mol. The van der Waals surface area contributed by atoms with Gasteiger partial charge in [0.05, 0.1) is 0 Å². The van der Waals surface area contributed by atoms with E-state index in [2.05, 4.69) is 49.4 Å². The average Bonchev–Trinajstić information content (AvgIpc) is 2.10. The van der Waals surface area contributed by atoms with Gasteiger partial charge in [0, 0.05) is 0 Å². The van der Waals surface area contributed by atoms with Gasteiger partial charge in [0.25, 0.3) is 0 Å². The average molecular weight is 172 g/mol. The molecule has 1 aromatic rings. The zero-order chi connectivity index (χ0) is 9.68. The van der Waals surface area contributed by atoms with Crippen molar-refractivity contribution in [1.29, 1.82) is 0 Å². The Morgan fingerprint density at radius 2 is 1.54 bits per heavy atom. The zero-order valence-corrected chi connectivity index (χ0v) is 8.54. The Kier molecular flexibility index (Phi) is 3.51. The highest BCUT2D eigenvalue weighted by atomic mass is 14.0. The molecule has 68 valence electrons. The molecule has 0 spiro atoms. The van der Waals surface area contributed by atoms with Gasteiger partial charge in [-0.15, -0.1) is 0 Å². The van der Waals surface area contributed by atoms with Gasteiger partial charge < -0.3 is 0 Å². The van der Waals surface area contributed by atoms with Crippen molar-refractivity contribution >= 4 is 12.2 Å². The second-order valence-electron chi connectivity index (χ2n) is 3.13. The molecule has 0 unspecified atom stereocenters. The molecule has 0 aromatic heterocycles. The number of aryl methyl sites for hydroxylation is 1. The summed E-state index contributed by atoms with van der Waals surface area (Å²) in [6.45, 7) is 6.20. The standard InChI is InChI=1S/C13H16/c1-4-6-12-9-8-11(3)10-13(12)7-5-2/h4-10H,1-3H3/b6-4-,7-5-. The summed E-state index contributed by atoms with van der Waals surface area (Å²) in [4.78, 5) is 0. The third kappa shape index (κ3) is 2.59. The highest BCUT2D eigenvalue weighted by Crippen LogP contribution is 2.15. The van der Waals surface area contributed by atoms with Crippen molar-refractivity contribution in [3.8, 4) is 0 Å². The van der Waals surface area contributed by atoms with Crippen LogP contribution < -0.4 is 0 Å². The van der Waals surface area contributed by atoms with Crippen LogP contribution in [0.1, 0.15) is 30.5 Å². The quantitative estimate of drug-likeness (QED) is 0.631. The van der Waals surface area contributed by atoms with Crippen molar-refractivity contribution < 1.29 is 0 Å². The van der Waals surface area contributed by atoms with E-state index in [1.165, 1.54) is 16.7 Å². The van der Waals surface area contributed by atoms with Crippen LogP contribution in [-0.2, 0) is 0 Å². The normalized spacial score (nSPS) is 11.6. The zero-order valence-electron chi connectivity index (χ0n) is 8.54. The molecule has 1 rings (SSSR count). The fraction of sp³-hybridized carbons (Fsp3) is 0.231. The molecular formula is C13H16. The molecule has 1 aromatic carbocycles. The molecule has 0 fully saturated rings. The van der Waals surface area contributed by atoms with Crippen molar-refractivity contribution in [3.63, 3.8) is 0 Å². The fourth-order valence-electron chi connectivity index (χ4n) is 1.35. The van der Waals surface area contributed by atoms with Gasteiger partial charge in [-0.2, -0.15) is 0 Å². The Morgan fingerprint density at radius 3 is 2.15 bits per heavy atom. The SMILES string of the molecule is C/C=C\c1ccc(C)cc1/C=C\C. The first-order valence-corrected chi connectivity index (χ1v) is 4.64. The molecule has 0 heterocycles. The first kappa shape index (κ1) is 9.79. The van der Waals surface area contributed by atoms with Crippen LogP contribution in [0, 0.1) is 6.92 Å². The van der Waals surface area contributed by atoms with Crippen LogP contribution in [0.5, 0.6) is 0 Å². The molecule has 0 atom stereocenters. The monoisotopic (exact) mass is 172 g/mol. The van der Waals surface area contributed by atoms with Gasteiger partial charge in [-0.3, -0.25) is 0 Å². The molecule has 0 nitrogen and oxygen atoms in total. The smallest absolute Gasteiger partial charge is 0.0185 e. The lowest BCUT2D eigenvalue weighted by molar-refractivity contribution is 1.44. The van der Waals surface area contributed by atoms with E-state index in [0.717, 1.165) is 0 Å². The maximum Gasteiger partial charge on any atom is -0.0185 e. The van der Waals surface area contributed by atoms with Crippen LogP contribution in [0.25, 0.3) is 12.2 Å². The minimum atomic E-state index is 1.28. The molecule has 0 saturated carbocycles. The van der Waals surface area contributed by atoms with Crippen LogP contribution in [0.4, 0.5) is 0 Å². The summed E-state index contributed by atoms with van der Waals surface area (Å²) in [7, 11) is 0. The summed E-state index contributed by atoms with van der Waals surface area (Å²) < 4.78 is 0. The molecule has 0 aliphatic heterocycles. The summed E-state index contributed by atoms with van der Waals surface area (Å²) in [6, 6.07) is 6.50. The molecule has 0 heteroatoms. The van der Waals surface area contributed by atoms with Crippen LogP contribution >= 0.6 is 0 Å². The summed E-state index contributed by atoms with van der Waals surface area (Å²) in [5.41, 5.74) is 3.88. The third-order valence-corrected chi connectivity index (χ3v) is 1.93. The predicted octanol–water partition coefficient (Wildman–Crippen LogP) is 4.06. The highest BCUT2D eigenvalue weighted by Gasteiger charge is 1.94. The maximum atomic E-state index is 2.20. The van der Waals surface area contributed by atoms with E-state index >= 15 is 0 Å². The topological polar surface area (TPSA) is 0 Å². The highest BCUT2D eigenvalue weighted by molar-refractivity contribution is 5.65. The minimum Gasteiger partial charge on any atom is -0.0870 e. The van der Waals surface area contributed by atoms with Gasteiger partial charge in [0.1, 0.15) is 0 Å². The molecule has 0 bridgehead atoms. The third-order valence-electron chi connectivity index (χ3n) is 1.93. The van der Waals surface area contributed by atoms with E-state index in [4.69, 9.17) is 0 Å². The molecule has 0 saturated heterocycles. The van der Waals surface area contributed by atoms with Gasteiger partial charge in [0.2, 0.25) is 0 Å². The second-order valence-corrected chi connectivity index (χ2v) is 3.13. The van der Waals surface area contributed by atoms with E-state index < -0.39 is 0 Å². The molecule has 0 amide bonds. The summed E-state index contributed by atoms with van der Waals surface area (Å²) in [6.07, 6.45) is 8.41. The van der Waals surface area contributed by atoms with E-state index in [1.807, 2.05) is 13.8 Å². The first-order valence-electron chi connectivity index (χ1n) is 4.64. The van der Waals surface area contributed by atoms with Gasteiger partial charge in [-0.25, -0.2) is 0 Å². The molecule has 0 aliphatic rings. The number of hydrogen-bond acceptors (Lipinski definition) is 0. The number of allylic oxidation sites excluding steroid dienone is 2. The number of rotatable bonds is 2. The van der Waals surface area contributed by atoms with Gasteiger partial charge in [-0.1, -0.05) is 48.1 Å². The van der Waals surface area contributed by atoms with E-state index in [9.17, 15) is 0 Å². The van der Waals surface area contributed by atoms with Gasteiger partial charge in [0.15, 0.2) is 0 Å². The molecule has 0 aliphatic carbocycles. The van der Waals surface area contributed by atoms with Crippen molar-refractivity contribution in [2.24, 2.45) is 0 Å². The molecule has 0 radical (unpaired) electrons. The van der Waals surface area contributed by atoms with Crippen molar-refractivity contribution in [2.45, 2.75) is 20.8 Å². The van der Waals surface area contributed by atoms with Crippen molar-refractivity contribution in [2.75, 3.05) is 0 Å². The lowest BCUT2D eigenvalue weighted by Gasteiger charge is -2.02. The van der Waals surface area contributed by atoms with E-state index in [-0.39, 0.29) is 0 Å². The summed E-state index contributed by atoms with van der Waals surface area (Å²) in [5, 5.41) is 0. The van der Waals surface area contributed by atoms with Gasteiger partial charge >= 0.3 is 0 Å². The Morgan fingerprint density at radius 1 is 0.923 bits per heavy atom. The maximum absolute atomic E-state index is 2.20. The lowest BCUT2D eigenvalue weighted by atomic mass is 10.0. The predicted molar refractivity (Wildman–Crippen MR) is 60.6 cm³/mol. The second kappa shape index (κ2) is 4.66. The van der Waals surface area contributed by atoms with Crippen LogP contribution in [0.3, 0.4) is 0 Å².